The van der Waals surface area contributed by atoms with E-state index in [0.717, 1.165) is 12.8 Å². The van der Waals surface area contributed by atoms with Crippen LogP contribution in [0.3, 0.4) is 0 Å². The second-order valence-electron chi connectivity index (χ2n) is 4.76. The highest BCUT2D eigenvalue weighted by Gasteiger charge is 2.25. The normalized spacial score (nSPS) is 11.4. The summed E-state index contributed by atoms with van der Waals surface area (Å²) in [6.45, 7) is 5.14. The summed E-state index contributed by atoms with van der Waals surface area (Å²) in [6.07, 6.45) is 1.79. The van der Waals surface area contributed by atoms with Gasteiger partial charge in [-0.3, -0.25) is 4.79 Å². The Balaban J connectivity index is 2.77. The smallest absolute Gasteiger partial charge is 0.252 e. The van der Waals surface area contributed by atoms with E-state index in [1.165, 1.54) is 18.2 Å². The average Bonchev–Trinajstić information content (AvgIpc) is 2.43. The van der Waals surface area contributed by atoms with Gasteiger partial charge in [0, 0.05) is 6.54 Å². The molecule has 0 saturated heterocycles. The van der Waals surface area contributed by atoms with Crippen LogP contribution in [0.2, 0.25) is 5.02 Å². The van der Waals surface area contributed by atoms with Crippen LogP contribution in [0, 0.1) is 5.41 Å². The van der Waals surface area contributed by atoms with E-state index in [1.54, 1.807) is 0 Å². The molecule has 0 saturated carbocycles. The van der Waals surface area contributed by atoms with Gasteiger partial charge in [0.2, 0.25) is 0 Å². The van der Waals surface area contributed by atoms with Gasteiger partial charge in [0.1, 0.15) is 5.75 Å². The zero-order chi connectivity index (χ0) is 14.5. The summed E-state index contributed by atoms with van der Waals surface area (Å²) in [7, 11) is 0. The Bertz CT molecular complexity index is 437. The van der Waals surface area contributed by atoms with E-state index in [-0.39, 0.29) is 22.6 Å². The third-order valence-corrected chi connectivity index (χ3v) is 4.08. The molecule has 19 heavy (non-hydrogen) atoms. The first-order chi connectivity index (χ1) is 8.98. The molecule has 0 bridgehead atoms. The molecule has 0 spiro atoms. The third-order valence-electron chi connectivity index (χ3n) is 3.75. The van der Waals surface area contributed by atoms with E-state index in [4.69, 9.17) is 17.3 Å². The van der Waals surface area contributed by atoms with Crippen molar-refractivity contribution in [2.75, 3.05) is 13.1 Å². The van der Waals surface area contributed by atoms with Crippen LogP contribution >= 0.6 is 11.6 Å². The summed E-state index contributed by atoms with van der Waals surface area (Å²) in [5, 5.41) is 12.6. The van der Waals surface area contributed by atoms with E-state index >= 15 is 0 Å². The van der Waals surface area contributed by atoms with E-state index in [0.29, 0.717) is 18.1 Å². The van der Waals surface area contributed by atoms with E-state index in [1.807, 2.05) is 0 Å². The van der Waals surface area contributed by atoms with Crippen LogP contribution in [0.5, 0.6) is 5.75 Å². The maximum Gasteiger partial charge on any atom is 0.252 e. The number of phenolic OH excluding ortho intramolecular Hbond substituents is 1. The lowest BCUT2D eigenvalue weighted by molar-refractivity contribution is 0.0928. The monoisotopic (exact) mass is 284 g/mol. The Morgan fingerprint density at radius 1 is 1.42 bits per heavy atom. The van der Waals surface area contributed by atoms with Crippen molar-refractivity contribution in [2.24, 2.45) is 11.1 Å². The van der Waals surface area contributed by atoms with Crippen LogP contribution in [0.4, 0.5) is 0 Å². The van der Waals surface area contributed by atoms with Gasteiger partial charge in [-0.15, -0.1) is 0 Å². The number of carbonyl (C=O) groups excluding carboxylic acids is 1. The maximum atomic E-state index is 12.1. The molecule has 0 aliphatic rings. The summed E-state index contributed by atoms with van der Waals surface area (Å²) in [5.41, 5.74) is 5.98. The highest BCUT2D eigenvalue weighted by atomic mass is 35.5. The molecule has 0 heterocycles. The summed E-state index contributed by atoms with van der Waals surface area (Å²) in [6, 6.07) is 4.31. The highest BCUT2D eigenvalue weighted by Crippen LogP contribution is 2.25. The van der Waals surface area contributed by atoms with Crippen molar-refractivity contribution in [3.63, 3.8) is 0 Å². The van der Waals surface area contributed by atoms with Crippen LogP contribution in [-0.2, 0) is 0 Å². The minimum absolute atomic E-state index is 0.0191. The highest BCUT2D eigenvalue weighted by molar-refractivity contribution is 6.33. The van der Waals surface area contributed by atoms with Gasteiger partial charge in [-0.25, -0.2) is 0 Å². The van der Waals surface area contributed by atoms with Gasteiger partial charge < -0.3 is 16.2 Å². The predicted molar refractivity (Wildman–Crippen MR) is 77.5 cm³/mol. The Hall–Kier alpha value is -1.26. The Morgan fingerprint density at radius 2 is 2.05 bits per heavy atom. The molecule has 0 atom stereocenters. The van der Waals surface area contributed by atoms with Crippen LogP contribution in [-0.4, -0.2) is 24.1 Å². The molecule has 0 fully saturated rings. The number of carbonyl (C=O) groups is 1. The molecule has 0 aliphatic carbocycles. The van der Waals surface area contributed by atoms with Gasteiger partial charge in [0.05, 0.1) is 10.6 Å². The maximum absolute atomic E-state index is 12.1. The van der Waals surface area contributed by atoms with E-state index in [9.17, 15) is 9.90 Å². The molecule has 4 N–H and O–H groups in total. The first-order valence-corrected chi connectivity index (χ1v) is 6.82. The molecular formula is C14H21ClN2O2. The summed E-state index contributed by atoms with van der Waals surface area (Å²) < 4.78 is 0. The molecule has 1 aromatic carbocycles. The quantitative estimate of drug-likeness (QED) is 0.751. The second kappa shape index (κ2) is 6.78. The topological polar surface area (TPSA) is 75.3 Å². The van der Waals surface area contributed by atoms with Crippen molar-refractivity contribution in [3.05, 3.63) is 28.8 Å². The molecule has 4 nitrogen and oxygen atoms in total. The largest absolute Gasteiger partial charge is 0.508 e. The molecule has 0 aromatic heterocycles. The molecular weight excluding hydrogens is 264 g/mol. The van der Waals surface area contributed by atoms with Crippen LogP contribution in [0.25, 0.3) is 0 Å². The van der Waals surface area contributed by atoms with Crippen molar-refractivity contribution < 1.29 is 9.90 Å². The Labute approximate surface area is 118 Å². The summed E-state index contributed by atoms with van der Waals surface area (Å²) in [5.74, 6) is -0.272. The van der Waals surface area contributed by atoms with Gasteiger partial charge in [-0.2, -0.15) is 0 Å². The molecule has 1 rings (SSSR count). The van der Waals surface area contributed by atoms with Gasteiger partial charge in [-0.05, 0) is 43.0 Å². The van der Waals surface area contributed by atoms with Gasteiger partial charge >= 0.3 is 0 Å². The van der Waals surface area contributed by atoms with Gasteiger partial charge in [0.25, 0.3) is 5.91 Å². The number of aromatic hydroxyl groups is 1. The van der Waals surface area contributed by atoms with Crippen molar-refractivity contribution in [2.45, 2.75) is 26.7 Å². The standard InChI is InChI=1S/C14H21ClN2O2/c1-3-14(4-2,8-16)9-17-13(19)11-7-10(18)5-6-12(11)15/h5-7,18H,3-4,8-9,16H2,1-2H3,(H,17,19). The zero-order valence-corrected chi connectivity index (χ0v) is 12.1. The van der Waals surface area contributed by atoms with Crippen LogP contribution < -0.4 is 11.1 Å². The average molecular weight is 285 g/mol. The molecule has 0 unspecified atom stereocenters. The number of nitrogens with two attached hydrogens (primary N) is 1. The van der Waals surface area contributed by atoms with Crippen LogP contribution in [0.1, 0.15) is 37.0 Å². The summed E-state index contributed by atoms with van der Waals surface area (Å²) in [4.78, 5) is 12.1. The SMILES string of the molecule is CCC(CC)(CN)CNC(=O)c1cc(O)ccc1Cl. The number of phenols is 1. The Kier molecular flexibility index (Phi) is 5.63. The van der Waals surface area contributed by atoms with Gasteiger partial charge in [-0.1, -0.05) is 25.4 Å². The number of rotatable bonds is 6. The number of hydrogen-bond acceptors (Lipinski definition) is 3. The van der Waals surface area contributed by atoms with Crippen LogP contribution in [0.15, 0.2) is 18.2 Å². The number of amides is 1. The number of hydrogen-bond donors (Lipinski definition) is 3. The molecule has 106 valence electrons. The first-order valence-electron chi connectivity index (χ1n) is 6.44. The fourth-order valence-corrected chi connectivity index (χ4v) is 2.11. The van der Waals surface area contributed by atoms with Gasteiger partial charge in [0.15, 0.2) is 0 Å². The summed E-state index contributed by atoms with van der Waals surface area (Å²) >= 11 is 5.95. The molecule has 0 aliphatic heterocycles. The lowest BCUT2D eigenvalue weighted by Gasteiger charge is -2.30. The van der Waals surface area contributed by atoms with E-state index in [2.05, 4.69) is 19.2 Å². The first kappa shape index (κ1) is 15.8. The number of nitrogens with one attached hydrogen (secondary N) is 1. The van der Waals surface area contributed by atoms with E-state index < -0.39 is 0 Å². The van der Waals surface area contributed by atoms with Crippen molar-refractivity contribution in [3.8, 4) is 5.75 Å². The third kappa shape index (κ3) is 3.85. The molecule has 5 heteroatoms. The molecule has 1 amide bonds. The Morgan fingerprint density at radius 3 is 2.58 bits per heavy atom. The van der Waals surface area contributed by atoms with Crippen molar-refractivity contribution in [1.29, 1.82) is 0 Å². The lowest BCUT2D eigenvalue weighted by atomic mass is 9.82. The zero-order valence-electron chi connectivity index (χ0n) is 11.4. The minimum atomic E-state index is -0.291. The van der Waals surface area contributed by atoms with Crippen molar-refractivity contribution in [1.82, 2.24) is 5.32 Å². The molecule has 0 radical (unpaired) electrons. The fraction of sp³-hybridized carbons (Fsp3) is 0.500. The number of benzene rings is 1. The fourth-order valence-electron chi connectivity index (χ4n) is 1.91. The molecule has 1 aromatic rings. The van der Waals surface area contributed by atoms with Crippen molar-refractivity contribution >= 4 is 17.5 Å². The predicted octanol–water partition coefficient (Wildman–Crippen LogP) is 2.54. The second-order valence-corrected chi connectivity index (χ2v) is 5.17. The lowest BCUT2D eigenvalue weighted by Crippen LogP contribution is -2.41. The number of halogens is 1. The minimum Gasteiger partial charge on any atom is -0.508 e.